The Kier molecular flexibility index (Phi) is 6.34. The zero-order valence-corrected chi connectivity index (χ0v) is 7.12. The molecule has 2 nitrogen and oxygen atoms in total. The van der Waals surface area contributed by atoms with Gasteiger partial charge in [-0.1, -0.05) is 6.58 Å². The minimum Gasteiger partial charge on any atom is -0.471 e. The lowest BCUT2D eigenvalue weighted by atomic mass is 9.54. The Morgan fingerprint density at radius 2 is 2.33 bits per heavy atom. The zero-order chi connectivity index (χ0) is 9.40. The molecule has 0 rings (SSSR count). The normalized spacial score (nSPS) is 9.42. The van der Waals surface area contributed by atoms with Crippen molar-refractivity contribution in [1.82, 2.24) is 0 Å². The largest absolute Gasteiger partial charge is 0.471 e. The molecule has 0 atom stereocenters. The van der Waals surface area contributed by atoms with Crippen LogP contribution in [0.3, 0.4) is 0 Å². The fraction of sp³-hybridized carbons (Fsp3) is 0.286. The van der Waals surface area contributed by atoms with Gasteiger partial charge in [0.25, 0.3) is 0 Å². The first-order valence-electron chi connectivity index (χ1n) is 3.54. The summed E-state index contributed by atoms with van der Waals surface area (Å²) in [5.41, 5.74) is 0.401. The molecular weight excluding hydrogens is 149 g/mol. The lowest BCUT2D eigenvalue weighted by Crippen LogP contribution is -2.10. The van der Waals surface area contributed by atoms with Crippen LogP contribution in [0.4, 0.5) is 0 Å². The monoisotopic (exact) mass is 158 g/mol. The van der Waals surface area contributed by atoms with Crippen molar-refractivity contribution < 1.29 is 9.53 Å². The van der Waals surface area contributed by atoms with Crippen LogP contribution >= 0.6 is 0 Å². The van der Waals surface area contributed by atoms with Gasteiger partial charge in [0.15, 0.2) is 7.28 Å². The van der Waals surface area contributed by atoms with Crippen molar-refractivity contribution >= 4 is 28.2 Å². The van der Waals surface area contributed by atoms with E-state index in [1.54, 1.807) is 26.2 Å². The van der Waals surface area contributed by atoms with Crippen molar-refractivity contribution in [1.29, 1.82) is 0 Å². The molecule has 0 aliphatic carbocycles. The molecule has 0 heterocycles. The van der Waals surface area contributed by atoms with E-state index in [1.807, 2.05) is 0 Å². The molecular formula is C7H9B3O2. The van der Waals surface area contributed by atoms with Gasteiger partial charge in [-0.2, -0.15) is 0 Å². The maximum absolute atomic E-state index is 10.8. The summed E-state index contributed by atoms with van der Waals surface area (Å²) in [4.78, 5) is 10.8. The van der Waals surface area contributed by atoms with Gasteiger partial charge in [-0.05, 0) is 6.92 Å². The molecule has 0 saturated heterocycles. The third kappa shape index (κ3) is 5.89. The van der Waals surface area contributed by atoms with E-state index in [-0.39, 0.29) is 12.5 Å². The highest BCUT2D eigenvalue weighted by Crippen LogP contribution is 1.90. The van der Waals surface area contributed by atoms with E-state index >= 15 is 0 Å². The van der Waals surface area contributed by atoms with E-state index in [0.29, 0.717) is 5.57 Å². The van der Waals surface area contributed by atoms with Crippen molar-refractivity contribution in [2.24, 2.45) is 0 Å². The summed E-state index contributed by atoms with van der Waals surface area (Å²) >= 11 is 0. The van der Waals surface area contributed by atoms with E-state index in [4.69, 9.17) is 12.5 Å². The van der Waals surface area contributed by atoms with Crippen LogP contribution in [0.2, 0.25) is 0 Å². The molecule has 0 amide bonds. The van der Waals surface area contributed by atoms with E-state index < -0.39 is 0 Å². The Balaban J connectivity index is 3.38. The van der Waals surface area contributed by atoms with Crippen LogP contribution in [0.5, 0.6) is 0 Å². The van der Waals surface area contributed by atoms with Crippen LogP contribution in [0.15, 0.2) is 24.1 Å². The van der Waals surface area contributed by atoms with E-state index in [0.717, 1.165) is 0 Å². The van der Waals surface area contributed by atoms with Crippen molar-refractivity contribution in [2.75, 3.05) is 6.51 Å². The highest BCUT2D eigenvalue weighted by Gasteiger charge is 2.00. The van der Waals surface area contributed by atoms with E-state index in [1.165, 1.54) is 7.17 Å². The summed E-state index contributed by atoms with van der Waals surface area (Å²) in [6.07, 6.45) is 0. The fourth-order valence-electron chi connectivity index (χ4n) is 0.445. The number of ether oxygens (including phenoxy) is 1. The maximum atomic E-state index is 10.8. The molecule has 0 saturated carbocycles. The lowest BCUT2D eigenvalue weighted by Gasteiger charge is -1.99. The minimum absolute atomic E-state index is 0.246. The van der Waals surface area contributed by atoms with Crippen LogP contribution in [-0.4, -0.2) is 34.7 Å². The molecule has 0 aromatic carbocycles. The van der Waals surface area contributed by atoms with Crippen molar-refractivity contribution in [2.45, 2.75) is 6.92 Å². The summed E-state index contributed by atoms with van der Waals surface area (Å²) in [6, 6.07) is 0. The van der Waals surface area contributed by atoms with Crippen LogP contribution in [0.25, 0.3) is 0 Å². The predicted molar refractivity (Wildman–Crippen MR) is 52.2 cm³/mol. The molecule has 0 aromatic heterocycles. The second-order valence-electron chi connectivity index (χ2n) is 2.19. The summed E-state index contributed by atoms with van der Waals surface area (Å²) < 4.78 is 4.75. The third-order valence-corrected chi connectivity index (χ3v) is 1.02. The summed E-state index contributed by atoms with van der Waals surface area (Å²) in [7, 11) is 8.15. The van der Waals surface area contributed by atoms with E-state index in [2.05, 4.69) is 6.58 Å². The minimum atomic E-state index is -0.378. The van der Waals surface area contributed by atoms with Gasteiger partial charge in [-0.15, -0.1) is 12.0 Å². The second kappa shape index (κ2) is 6.83. The van der Waals surface area contributed by atoms with Crippen molar-refractivity contribution in [3.63, 3.8) is 0 Å². The summed E-state index contributed by atoms with van der Waals surface area (Å²) in [6.45, 7) is 5.29. The smallest absolute Gasteiger partial charge is 0.332 e. The second-order valence-corrected chi connectivity index (χ2v) is 2.19. The van der Waals surface area contributed by atoms with Gasteiger partial charge in [0, 0.05) is 13.3 Å². The van der Waals surface area contributed by atoms with Crippen LogP contribution in [0.1, 0.15) is 6.92 Å². The van der Waals surface area contributed by atoms with Gasteiger partial charge in [-0.3, -0.25) is 0 Å². The molecule has 12 heavy (non-hydrogen) atoms. The van der Waals surface area contributed by atoms with Crippen LogP contribution in [-0.2, 0) is 9.53 Å². The molecule has 0 aliphatic heterocycles. The van der Waals surface area contributed by atoms with Gasteiger partial charge in [0.1, 0.15) is 0 Å². The molecule has 0 unspecified atom stereocenters. The topological polar surface area (TPSA) is 26.3 Å². The molecule has 0 aliphatic rings. The van der Waals surface area contributed by atoms with Gasteiger partial charge in [0.05, 0.1) is 13.7 Å². The molecule has 0 spiro atoms. The first-order chi connectivity index (χ1) is 5.68. The average Bonchev–Trinajstić information content (AvgIpc) is 2.03. The molecule has 0 fully saturated rings. The Bertz CT molecular complexity index is 189. The van der Waals surface area contributed by atoms with Gasteiger partial charge in [-0.25, -0.2) is 4.79 Å². The Hall–Kier alpha value is -0.855. The summed E-state index contributed by atoms with van der Waals surface area (Å²) in [5.74, 6) is 2.97. The summed E-state index contributed by atoms with van der Waals surface area (Å²) in [5, 5.41) is 0. The first kappa shape index (κ1) is 11.1. The highest BCUT2D eigenvalue weighted by molar-refractivity contribution is 6.92. The lowest BCUT2D eigenvalue weighted by molar-refractivity contribution is -0.137. The predicted octanol–water partition coefficient (Wildman–Crippen LogP) is 0.0263. The molecule has 4 radical (unpaired) electrons. The van der Waals surface area contributed by atoms with Crippen LogP contribution < -0.4 is 0 Å². The molecule has 5 heteroatoms. The Morgan fingerprint density at radius 3 is 2.83 bits per heavy atom. The molecule has 58 valence electrons. The number of hydrogen-bond donors (Lipinski definition) is 0. The van der Waals surface area contributed by atoms with Crippen molar-refractivity contribution in [3.05, 3.63) is 24.1 Å². The quantitative estimate of drug-likeness (QED) is 0.244. The molecule has 0 N–H and O–H groups in total. The van der Waals surface area contributed by atoms with Crippen LogP contribution in [0, 0.1) is 0 Å². The number of esters is 1. The molecule has 0 aromatic rings. The van der Waals surface area contributed by atoms with Gasteiger partial charge < -0.3 is 4.74 Å². The average molecular weight is 158 g/mol. The number of rotatable bonds is 5. The third-order valence-electron chi connectivity index (χ3n) is 1.02. The number of carbonyl (C=O) groups excluding carboxylic acids is 1. The first-order valence-corrected chi connectivity index (χ1v) is 3.54. The Morgan fingerprint density at radius 1 is 1.67 bits per heavy atom. The maximum Gasteiger partial charge on any atom is 0.332 e. The SMILES string of the molecule is [B][B]/C=C/[B]COC(=O)C(=C)C. The van der Waals surface area contributed by atoms with Gasteiger partial charge in [0.2, 0.25) is 0 Å². The zero-order valence-electron chi connectivity index (χ0n) is 7.12. The number of carbonyl (C=O) groups is 1. The molecule has 0 bridgehead atoms. The highest BCUT2D eigenvalue weighted by atomic mass is 16.5. The number of hydrogen-bond acceptors (Lipinski definition) is 2. The fourth-order valence-corrected chi connectivity index (χ4v) is 0.445. The Labute approximate surface area is 75.9 Å². The standard InChI is InChI=1S/C7H9B3O2/c1-6(2)7(11)12-5-9-3-4-10-8/h3-4H,1,5H2,2H3/b4-3+. The van der Waals surface area contributed by atoms with Crippen molar-refractivity contribution in [3.8, 4) is 0 Å². The van der Waals surface area contributed by atoms with Gasteiger partial charge >= 0.3 is 5.97 Å². The van der Waals surface area contributed by atoms with E-state index in [9.17, 15) is 4.79 Å².